The molecule has 0 aromatic heterocycles. The van der Waals surface area contributed by atoms with Crippen molar-refractivity contribution in [3.05, 3.63) is 26.6 Å². The second-order valence-corrected chi connectivity index (χ2v) is 6.38. The van der Waals surface area contributed by atoms with Gasteiger partial charge in [0, 0.05) is 6.54 Å². The third-order valence-electron chi connectivity index (χ3n) is 3.07. The van der Waals surface area contributed by atoms with Gasteiger partial charge in [-0.15, -0.1) is 0 Å². The molecule has 1 saturated carbocycles. The number of rotatable bonds is 6. The van der Waals surface area contributed by atoms with Crippen LogP contribution in [0.5, 0.6) is 5.75 Å². The molecule has 1 fully saturated rings. The highest BCUT2D eigenvalue weighted by atomic mass is 79.9. The predicted molar refractivity (Wildman–Crippen MR) is 77.2 cm³/mol. The van der Waals surface area contributed by atoms with Crippen LogP contribution >= 0.6 is 31.9 Å². The first-order valence-corrected chi connectivity index (χ1v) is 7.63. The Balaban J connectivity index is 1.73. The van der Waals surface area contributed by atoms with Crippen molar-refractivity contribution in [3.63, 3.8) is 0 Å². The molecule has 0 atom stereocenters. The number of benzene rings is 1. The van der Waals surface area contributed by atoms with Crippen molar-refractivity contribution in [2.24, 2.45) is 5.92 Å². The minimum absolute atomic E-state index is 0.266. The van der Waals surface area contributed by atoms with Crippen LogP contribution in [0.25, 0.3) is 0 Å². The number of halogens is 2. The van der Waals surface area contributed by atoms with Crippen LogP contribution < -0.4 is 5.32 Å². The molecule has 0 saturated heterocycles. The minimum atomic E-state index is 0.266. The minimum Gasteiger partial charge on any atom is -0.506 e. The molecule has 0 spiro atoms. The van der Waals surface area contributed by atoms with Crippen LogP contribution in [-0.4, -0.2) is 11.7 Å². The fourth-order valence-corrected chi connectivity index (χ4v) is 3.16. The normalized spacial score (nSPS) is 15.2. The third-order valence-corrected chi connectivity index (χ3v) is 4.28. The van der Waals surface area contributed by atoms with Crippen molar-refractivity contribution in [3.8, 4) is 5.75 Å². The fraction of sp³-hybridized carbons (Fsp3) is 0.538. The van der Waals surface area contributed by atoms with Gasteiger partial charge in [-0.2, -0.15) is 0 Å². The maximum Gasteiger partial charge on any atom is 0.143 e. The molecule has 0 heterocycles. The second-order valence-electron chi connectivity index (χ2n) is 4.67. The predicted octanol–water partition coefficient (Wildman–Crippen LogP) is 4.20. The second kappa shape index (κ2) is 6.21. The maximum absolute atomic E-state index is 9.59. The molecule has 17 heavy (non-hydrogen) atoms. The van der Waals surface area contributed by atoms with E-state index in [4.69, 9.17) is 0 Å². The Morgan fingerprint density at radius 1 is 1.24 bits per heavy atom. The Labute approximate surface area is 119 Å². The Morgan fingerprint density at radius 3 is 2.47 bits per heavy atom. The highest BCUT2D eigenvalue weighted by Gasteiger charge is 2.19. The molecule has 0 radical (unpaired) electrons. The van der Waals surface area contributed by atoms with Gasteiger partial charge < -0.3 is 10.4 Å². The fourth-order valence-electron chi connectivity index (χ4n) is 1.88. The van der Waals surface area contributed by atoms with E-state index in [1.807, 2.05) is 12.1 Å². The lowest BCUT2D eigenvalue weighted by Crippen LogP contribution is -2.14. The van der Waals surface area contributed by atoms with Crippen LogP contribution in [0.4, 0.5) is 0 Å². The molecule has 94 valence electrons. The van der Waals surface area contributed by atoms with E-state index >= 15 is 0 Å². The first-order valence-electron chi connectivity index (χ1n) is 6.04. The summed E-state index contributed by atoms with van der Waals surface area (Å²) in [6, 6.07) is 3.90. The monoisotopic (exact) mass is 361 g/mol. The van der Waals surface area contributed by atoms with Crippen molar-refractivity contribution in [1.82, 2.24) is 5.32 Å². The lowest BCUT2D eigenvalue weighted by atomic mass is 10.2. The first-order chi connectivity index (χ1) is 8.16. The number of hydrogen-bond donors (Lipinski definition) is 2. The number of nitrogens with one attached hydrogen (secondary N) is 1. The highest BCUT2D eigenvalue weighted by Crippen LogP contribution is 2.34. The molecule has 1 aromatic carbocycles. The topological polar surface area (TPSA) is 32.3 Å². The smallest absolute Gasteiger partial charge is 0.143 e. The lowest BCUT2D eigenvalue weighted by Gasteiger charge is -2.07. The zero-order valence-electron chi connectivity index (χ0n) is 9.68. The third kappa shape index (κ3) is 4.27. The zero-order chi connectivity index (χ0) is 12.3. The molecule has 1 aromatic rings. The van der Waals surface area contributed by atoms with Crippen molar-refractivity contribution in [2.45, 2.75) is 32.2 Å². The zero-order valence-corrected chi connectivity index (χ0v) is 12.8. The Morgan fingerprint density at radius 2 is 1.88 bits per heavy atom. The van der Waals surface area contributed by atoms with Crippen LogP contribution in [0.15, 0.2) is 21.1 Å². The van der Waals surface area contributed by atoms with Gasteiger partial charge in [0.1, 0.15) is 5.75 Å². The average molecular weight is 363 g/mol. The van der Waals surface area contributed by atoms with Crippen LogP contribution in [-0.2, 0) is 6.54 Å². The van der Waals surface area contributed by atoms with E-state index in [9.17, 15) is 5.11 Å². The van der Waals surface area contributed by atoms with Gasteiger partial charge in [0.2, 0.25) is 0 Å². The van der Waals surface area contributed by atoms with Gasteiger partial charge >= 0.3 is 0 Å². The number of aromatic hydroxyl groups is 1. The van der Waals surface area contributed by atoms with Crippen molar-refractivity contribution in [2.75, 3.05) is 6.54 Å². The summed E-state index contributed by atoms with van der Waals surface area (Å²) in [5.74, 6) is 1.29. The van der Waals surface area contributed by atoms with E-state index in [1.165, 1.54) is 31.2 Å². The van der Waals surface area contributed by atoms with Crippen LogP contribution in [0.2, 0.25) is 0 Å². The molecule has 0 bridgehead atoms. The quantitative estimate of drug-likeness (QED) is 0.743. The number of hydrogen-bond acceptors (Lipinski definition) is 2. The molecule has 2 N–H and O–H groups in total. The lowest BCUT2D eigenvalue weighted by molar-refractivity contribution is 0.468. The van der Waals surface area contributed by atoms with Gasteiger partial charge in [-0.1, -0.05) is 12.8 Å². The summed E-state index contributed by atoms with van der Waals surface area (Å²) in [5.41, 5.74) is 1.17. The molecule has 1 aliphatic rings. The van der Waals surface area contributed by atoms with Crippen molar-refractivity contribution < 1.29 is 5.11 Å². The summed E-state index contributed by atoms with van der Waals surface area (Å²) in [4.78, 5) is 0. The summed E-state index contributed by atoms with van der Waals surface area (Å²) in [7, 11) is 0. The Bertz CT molecular complexity index is 368. The standard InChI is InChI=1S/C13H17Br2NO/c14-11-6-10(7-12(15)13(11)17)8-16-5-1-2-9-3-4-9/h6-7,9,16-17H,1-5,8H2. The van der Waals surface area contributed by atoms with Crippen molar-refractivity contribution >= 4 is 31.9 Å². The largest absolute Gasteiger partial charge is 0.506 e. The highest BCUT2D eigenvalue weighted by molar-refractivity contribution is 9.11. The van der Waals surface area contributed by atoms with Gasteiger partial charge in [-0.25, -0.2) is 0 Å². The average Bonchev–Trinajstić information content (AvgIpc) is 3.09. The van der Waals surface area contributed by atoms with Crippen LogP contribution in [0.3, 0.4) is 0 Å². The summed E-state index contributed by atoms with van der Waals surface area (Å²) >= 11 is 6.68. The molecule has 2 rings (SSSR count). The molecule has 0 amide bonds. The van der Waals surface area contributed by atoms with E-state index in [0.29, 0.717) is 0 Å². The molecule has 1 aliphatic carbocycles. The summed E-state index contributed by atoms with van der Waals surface area (Å²) in [5, 5.41) is 13.0. The van der Waals surface area contributed by atoms with E-state index in [0.717, 1.165) is 28.0 Å². The SMILES string of the molecule is Oc1c(Br)cc(CNCCCC2CC2)cc1Br. The van der Waals surface area contributed by atoms with Crippen molar-refractivity contribution in [1.29, 1.82) is 0 Å². The number of phenolic OH excluding ortho intramolecular Hbond substituents is 1. The molecule has 4 heteroatoms. The summed E-state index contributed by atoms with van der Waals surface area (Å²) in [6.45, 7) is 1.93. The Kier molecular flexibility index (Phi) is 4.88. The van der Waals surface area contributed by atoms with Crippen LogP contribution in [0.1, 0.15) is 31.2 Å². The maximum atomic E-state index is 9.59. The van der Waals surface area contributed by atoms with E-state index in [1.54, 1.807) is 0 Å². The Hall–Kier alpha value is -0.0600. The molecule has 2 nitrogen and oxygen atoms in total. The summed E-state index contributed by atoms with van der Waals surface area (Å²) < 4.78 is 1.48. The molecular formula is C13H17Br2NO. The molecule has 0 unspecified atom stereocenters. The van der Waals surface area contributed by atoms with E-state index in [-0.39, 0.29) is 5.75 Å². The summed E-state index contributed by atoms with van der Waals surface area (Å²) in [6.07, 6.45) is 5.52. The first kappa shape index (κ1) is 13.4. The van der Waals surface area contributed by atoms with Gasteiger partial charge in [-0.05, 0) is 74.9 Å². The molecule has 0 aliphatic heterocycles. The van der Waals surface area contributed by atoms with E-state index in [2.05, 4.69) is 37.2 Å². The van der Waals surface area contributed by atoms with Gasteiger partial charge in [0.25, 0.3) is 0 Å². The van der Waals surface area contributed by atoms with Gasteiger partial charge in [0.15, 0.2) is 0 Å². The van der Waals surface area contributed by atoms with Crippen LogP contribution in [0, 0.1) is 5.92 Å². The van der Waals surface area contributed by atoms with Gasteiger partial charge in [-0.3, -0.25) is 0 Å². The van der Waals surface area contributed by atoms with Gasteiger partial charge in [0.05, 0.1) is 8.95 Å². The number of phenols is 1. The molecular weight excluding hydrogens is 346 g/mol. The van der Waals surface area contributed by atoms with E-state index < -0.39 is 0 Å².